The van der Waals surface area contributed by atoms with E-state index in [2.05, 4.69) is 67.6 Å². The second kappa shape index (κ2) is 10.2. The van der Waals surface area contributed by atoms with Gasteiger partial charge in [-0.15, -0.1) is 0 Å². The van der Waals surface area contributed by atoms with Gasteiger partial charge in [-0.25, -0.2) is 0 Å². The molecule has 0 aromatic heterocycles. The van der Waals surface area contributed by atoms with E-state index in [-0.39, 0.29) is 6.42 Å². The van der Waals surface area contributed by atoms with E-state index < -0.39 is 5.97 Å². The molecule has 0 amide bonds. The van der Waals surface area contributed by atoms with Crippen LogP contribution in [0.1, 0.15) is 18.9 Å². The minimum atomic E-state index is -0.745. The molecule has 0 fully saturated rings. The van der Waals surface area contributed by atoms with Crippen LogP contribution in [-0.2, 0) is 4.79 Å². The molecule has 0 atom stereocenters. The highest BCUT2D eigenvalue weighted by Crippen LogP contribution is 2.11. The van der Waals surface area contributed by atoms with Crippen LogP contribution >= 0.6 is 0 Å². The van der Waals surface area contributed by atoms with Crippen molar-refractivity contribution in [2.45, 2.75) is 20.3 Å². The molecular formula is C20H22O2. The number of rotatable bonds is 1. The summed E-state index contributed by atoms with van der Waals surface area (Å²) in [7, 11) is 0. The third-order valence-corrected chi connectivity index (χ3v) is 2.90. The van der Waals surface area contributed by atoms with Crippen LogP contribution in [0.15, 0.2) is 78.9 Å². The minimum Gasteiger partial charge on any atom is -0.481 e. The van der Waals surface area contributed by atoms with Gasteiger partial charge in [-0.05, 0) is 17.7 Å². The largest absolute Gasteiger partial charge is 0.481 e. The van der Waals surface area contributed by atoms with E-state index in [1.165, 1.54) is 16.3 Å². The number of hydrogen-bond acceptors (Lipinski definition) is 1. The first kappa shape index (κ1) is 17.4. The molecule has 0 aliphatic carbocycles. The van der Waals surface area contributed by atoms with E-state index in [4.69, 9.17) is 5.11 Å². The molecular weight excluding hydrogens is 272 g/mol. The fraction of sp³-hybridized carbons (Fsp3) is 0.150. The van der Waals surface area contributed by atoms with E-state index in [1.807, 2.05) is 18.2 Å². The van der Waals surface area contributed by atoms with E-state index in [0.717, 1.165) is 0 Å². The Balaban J connectivity index is 0.000000178. The molecule has 0 spiro atoms. The molecule has 22 heavy (non-hydrogen) atoms. The Bertz CT molecular complexity index is 610. The van der Waals surface area contributed by atoms with Crippen molar-refractivity contribution in [3.63, 3.8) is 0 Å². The Morgan fingerprint density at radius 2 is 1.09 bits per heavy atom. The summed E-state index contributed by atoms with van der Waals surface area (Å²) in [5, 5.41) is 10.3. The first-order chi connectivity index (χ1) is 10.6. The van der Waals surface area contributed by atoms with Gasteiger partial charge in [0.05, 0.1) is 0 Å². The highest BCUT2D eigenvalue weighted by Gasteiger charge is 1.85. The number of fused-ring (bicyclic) bond motifs is 1. The topological polar surface area (TPSA) is 37.3 Å². The van der Waals surface area contributed by atoms with Gasteiger partial charge in [-0.2, -0.15) is 0 Å². The average Bonchev–Trinajstić information content (AvgIpc) is 2.57. The van der Waals surface area contributed by atoms with Gasteiger partial charge in [-0.3, -0.25) is 4.79 Å². The van der Waals surface area contributed by atoms with E-state index in [0.29, 0.717) is 0 Å². The number of carboxylic acids is 1. The maximum absolute atomic E-state index is 9.37. The third-order valence-electron chi connectivity index (χ3n) is 2.90. The van der Waals surface area contributed by atoms with Crippen molar-refractivity contribution in [1.82, 2.24) is 0 Å². The monoisotopic (exact) mass is 294 g/mol. The van der Waals surface area contributed by atoms with Gasteiger partial charge in [0, 0.05) is 6.42 Å². The fourth-order valence-electron chi connectivity index (χ4n) is 1.67. The molecule has 114 valence electrons. The highest BCUT2D eigenvalue weighted by atomic mass is 16.4. The van der Waals surface area contributed by atoms with Crippen molar-refractivity contribution in [3.05, 3.63) is 84.4 Å². The quantitative estimate of drug-likeness (QED) is 0.660. The van der Waals surface area contributed by atoms with Crippen LogP contribution in [0.25, 0.3) is 10.8 Å². The van der Waals surface area contributed by atoms with Gasteiger partial charge in [0.15, 0.2) is 0 Å². The van der Waals surface area contributed by atoms with Crippen LogP contribution in [-0.4, -0.2) is 11.1 Å². The molecule has 0 bridgehead atoms. The van der Waals surface area contributed by atoms with Crippen molar-refractivity contribution >= 4 is 16.7 Å². The summed E-state index contributed by atoms with van der Waals surface area (Å²) in [5.41, 5.74) is 1.32. The maximum Gasteiger partial charge on any atom is 0.303 e. The van der Waals surface area contributed by atoms with E-state index >= 15 is 0 Å². The Morgan fingerprint density at radius 3 is 1.32 bits per heavy atom. The molecule has 3 rings (SSSR count). The number of aliphatic carboxylic acids is 1. The molecule has 0 heterocycles. The van der Waals surface area contributed by atoms with Gasteiger partial charge in [0.2, 0.25) is 0 Å². The summed E-state index contributed by atoms with van der Waals surface area (Å²) in [6, 6.07) is 27.0. The minimum absolute atomic E-state index is 0.222. The predicted octanol–water partition coefficient (Wildman–Crippen LogP) is 5.32. The SMILES string of the molecule is CCC(=O)O.Cc1ccccc1.c1ccc2ccccc2c1. The average molecular weight is 294 g/mol. The number of hydrogen-bond donors (Lipinski definition) is 1. The molecule has 0 radical (unpaired) electrons. The summed E-state index contributed by atoms with van der Waals surface area (Å²) in [6.07, 6.45) is 0.222. The van der Waals surface area contributed by atoms with Crippen molar-refractivity contribution < 1.29 is 9.90 Å². The van der Waals surface area contributed by atoms with E-state index in [1.54, 1.807) is 6.92 Å². The van der Waals surface area contributed by atoms with Crippen molar-refractivity contribution in [3.8, 4) is 0 Å². The molecule has 0 aliphatic heterocycles. The molecule has 3 aromatic carbocycles. The number of aryl methyl sites for hydroxylation is 1. The summed E-state index contributed by atoms with van der Waals surface area (Å²) >= 11 is 0. The van der Waals surface area contributed by atoms with Crippen LogP contribution < -0.4 is 0 Å². The molecule has 0 saturated heterocycles. The summed E-state index contributed by atoms with van der Waals surface area (Å²) < 4.78 is 0. The Kier molecular flexibility index (Phi) is 8.06. The Morgan fingerprint density at radius 1 is 0.773 bits per heavy atom. The number of carbonyl (C=O) groups is 1. The van der Waals surface area contributed by atoms with Gasteiger partial charge in [0.25, 0.3) is 0 Å². The van der Waals surface area contributed by atoms with Crippen LogP contribution in [0, 0.1) is 6.92 Å². The van der Waals surface area contributed by atoms with Crippen LogP contribution in [0.4, 0.5) is 0 Å². The lowest BCUT2D eigenvalue weighted by molar-refractivity contribution is -0.136. The molecule has 1 N–H and O–H groups in total. The first-order valence-electron chi connectivity index (χ1n) is 7.30. The molecule has 0 saturated carbocycles. The molecule has 3 aromatic rings. The zero-order valence-corrected chi connectivity index (χ0v) is 13.1. The van der Waals surface area contributed by atoms with Gasteiger partial charge in [-0.1, -0.05) is 91.3 Å². The Labute approximate surface area is 132 Å². The van der Waals surface area contributed by atoms with Crippen LogP contribution in [0.5, 0.6) is 0 Å². The third kappa shape index (κ3) is 7.25. The second-order valence-corrected chi connectivity index (χ2v) is 4.75. The molecule has 2 nitrogen and oxygen atoms in total. The van der Waals surface area contributed by atoms with Gasteiger partial charge < -0.3 is 5.11 Å². The van der Waals surface area contributed by atoms with Gasteiger partial charge in [0.1, 0.15) is 0 Å². The highest BCUT2D eigenvalue weighted by molar-refractivity contribution is 5.82. The maximum atomic E-state index is 9.37. The zero-order valence-electron chi connectivity index (χ0n) is 13.1. The first-order valence-corrected chi connectivity index (χ1v) is 7.30. The standard InChI is InChI=1S/C10H8.C7H8.C3H6O2/c1-2-6-10-8-4-3-7-9(10)5-1;1-7-5-3-2-4-6-7;1-2-3(4)5/h1-8H;2-6H,1H3;2H2,1H3,(H,4,5). The van der Waals surface area contributed by atoms with Crippen molar-refractivity contribution in [2.75, 3.05) is 0 Å². The second-order valence-electron chi connectivity index (χ2n) is 4.75. The lowest BCUT2D eigenvalue weighted by Crippen LogP contribution is -1.86. The molecule has 0 unspecified atom stereocenters. The fourth-order valence-corrected chi connectivity index (χ4v) is 1.67. The smallest absolute Gasteiger partial charge is 0.303 e. The lowest BCUT2D eigenvalue weighted by atomic mass is 10.1. The van der Waals surface area contributed by atoms with Gasteiger partial charge >= 0.3 is 5.97 Å². The van der Waals surface area contributed by atoms with Crippen molar-refractivity contribution in [2.24, 2.45) is 0 Å². The molecule has 2 heteroatoms. The lowest BCUT2D eigenvalue weighted by Gasteiger charge is -1.92. The van der Waals surface area contributed by atoms with E-state index in [9.17, 15) is 4.79 Å². The summed E-state index contributed by atoms with van der Waals surface area (Å²) in [5.74, 6) is -0.745. The predicted molar refractivity (Wildman–Crippen MR) is 93.1 cm³/mol. The summed E-state index contributed by atoms with van der Waals surface area (Å²) in [4.78, 5) is 9.37. The normalized spacial score (nSPS) is 9.00. The molecule has 0 aliphatic rings. The van der Waals surface area contributed by atoms with Crippen LogP contribution in [0.2, 0.25) is 0 Å². The van der Waals surface area contributed by atoms with Crippen molar-refractivity contribution in [1.29, 1.82) is 0 Å². The number of carboxylic acid groups (broad SMARTS) is 1. The zero-order chi connectivity index (χ0) is 16.2. The van der Waals surface area contributed by atoms with Crippen LogP contribution in [0.3, 0.4) is 0 Å². The summed E-state index contributed by atoms with van der Waals surface area (Å²) in [6.45, 7) is 3.68. The number of benzene rings is 3. The Hall–Kier alpha value is -2.61.